The van der Waals surface area contributed by atoms with E-state index in [-0.39, 0.29) is 18.3 Å². The number of nitrogens with zero attached hydrogens (tertiary/aromatic N) is 3. The van der Waals surface area contributed by atoms with E-state index in [1.165, 1.54) is 4.90 Å². The van der Waals surface area contributed by atoms with Crippen LogP contribution in [-0.2, 0) is 9.53 Å². The highest BCUT2D eigenvalue weighted by atomic mass is 16.5. The quantitative estimate of drug-likeness (QED) is 0.646. The number of carbonyl (C=O) groups excluding carboxylic acids is 2. The van der Waals surface area contributed by atoms with Crippen LogP contribution < -0.4 is 5.32 Å². The van der Waals surface area contributed by atoms with Crippen LogP contribution in [0.3, 0.4) is 0 Å². The van der Waals surface area contributed by atoms with Gasteiger partial charge in [-0.05, 0) is 24.0 Å². The molecule has 10 nitrogen and oxygen atoms in total. The lowest BCUT2D eigenvalue weighted by Gasteiger charge is -2.49. The maximum absolute atomic E-state index is 13.2. The van der Waals surface area contributed by atoms with Gasteiger partial charge in [0, 0.05) is 19.6 Å². The summed E-state index contributed by atoms with van der Waals surface area (Å²) in [6.07, 6.45) is -0.745. The summed E-state index contributed by atoms with van der Waals surface area (Å²) in [5, 5.41) is 13.0. The molecule has 0 saturated carbocycles. The van der Waals surface area contributed by atoms with E-state index < -0.39 is 35.4 Å². The molecule has 0 radical (unpaired) electrons. The number of para-hydroxylation sites is 2. The second-order valence-corrected chi connectivity index (χ2v) is 9.80. The molecule has 0 bridgehead atoms. The number of aromatic amines is 1. The Bertz CT molecular complexity index is 1010. The van der Waals surface area contributed by atoms with Crippen LogP contribution in [0.2, 0.25) is 0 Å². The lowest BCUT2D eigenvalue weighted by Crippen LogP contribution is -2.65. The molecule has 1 aromatic carbocycles. The van der Waals surface area contributed by atoms with Gasteiger partial charge in [-0.15, -0.1) is 0 Å². The Labute approximate surface area is 192 Å². The van der Waals surface area contributed by atoms with Gasteiger partial charge in [0.2, 0.25) is 5.91 Å². The molecule has 3 heterocycles. The van der Waals surface area contributed by atoms with Gasteiger partial charge in [0.25, 0.3) is 5.91 Å². The highest BCUT2D eigenvalue weighted by Gasteiger charge is 2.47. The lowest BCUT2D eigenvalue weighted by atomic mass is 9.75. The molecule has 0 aliphatic carbocycles. The van der Waals surface area contributed by atoms with E-state index in [2.05, 4.69) is 15.3 Å². The molecule has 0 spiro atoms. The first-order valence-corrected chi connectivity index (χ1v) is 11.3. The van der Waals surface area contributed by atoms with E-state index >= 15 is 0 Å². The molecule has 2 saturated heterocycles. The van der Waals surface area contributed by atoms with E-state index in [0.29, 0.717) is 38.2 Å². The molecular weight excluding hydrogens is 426 g/mol. The Balaban J connectivity index is 1.61. The van der Waals surface area contributed by atoms with Crippen molar-refractivity contribution >= 4 is 28.9 Å². The van der Waals surface area contributed by atoms with Gasteiger partial charge in [-0.25, -0.2) is 9.78 Å². The molecule has 2 aromatic rings. The number of morpholine rings is 1. The van der Waals surface area contributed by atoms with E-state index in [1.807, 2.05) is 45.0 Å². The third-order valence-corrected chi connectivity index (χ3v) is 6.40. The molecule has 2 aliphatic rings. The predicted octanol–water partition coefficient (Wildman–Crippen LogP) is 1.93. The average Bonchev–Trinajstić information content (AvgIpc) is 3.22. The smallest absolute Gasteiger partial charge is 0.407 e. The van der Waals surface area contributed by atoms with Crippen LogP contribution in [0, 0.1) is 11.3 Å². The van der Waals surface area contributed by atoms with E-state index in [1.54, 1.807) is 4.90 Å². The second-order valence-electron chi connectivity index (χ2n) is 9.80. The average molecular weight is 458 g/mol. The molecule has 3 amide bonds. The van der Waals surface area contributed by atoms with Gasteiger partial charge >= 0.3 is 6.09 Å². The number of fused-ring (bicyclic) bond motifs is 1. The maximum Gasteiger partial charge on any atom is 0.407 e. The third-order valence-electron chi connectivity index (χ3n) is 6.40. The number of ether oxygens (including phenoxy) is 1. The Hall–Kier alpha value is -3.14. The van der Waals surface area contributed by atoms with Crippen LogP contribution in [0.5, 0.6) is 0 Å². The molecule has 1 aromatic heterocycles. The molecule has 33 heavy (non-hydrogen) atoms. The van der Waals surface area contributed by atoms with Gasteiger partial charge in [-0.1, -0.05) is 32.9 Å². The van der Waals surface area contributed by atoms with Gasteiger partial charge in [0.05, 0.1) is 42.2 Å². The van der Waals surface area contributed by atoms with Gasteiger partial charge in [0.1, 0.15) is 0 Å². The first kappa shape index (κ1) is 23.0. The number of nitrogens with one attached hydrogen (secondary N) is 2. The largest absolute Gasteiger partial charge is 0.465 e. The first-order valence-electron chi connectivity index (χ1n) is 11.3. The summed E-state index contributed by atoms with van der Waals surface area (Å²) in [6.45, 7) is 7.84. The van der Waals surface area contributed by atoms with Crippen molar-refractivity contribution in [3.05, 3.63) is 30.1 Å². The Kier molecular flexibility index (Phi) is 6.29. The molecule has 1 unspecified atom stereocenters. The molecular formula is C23H31N5O5. The number of imidazole rings is 1. The number of carbonyl (C=O) groups is 3. The molecule has 2 fully saturated rings. The number of benzene rings is 1. The monoisotopic (exact) mass is 457 g/mol. The van der Waals surface area contributed by atoms with Crippen molar-refractivity contribution < 1.29 is 24.2 Å². The molecule has 3 atom stereocenters. The Morgan fingerprint density at radius 3 is 2.52 bits per heavy atom. The summed E-state index contributed by atoms with van der Waals surface area (Å²) in [4.78, 5) is 49.0. The van der Waals surface area contributed by atoms with Crippen LogP contribution in [0.4, 0.5) is 4.79 Å². The second kappa shape index (κ2) is 9.01. The highest BCUT2D eigenvalue weighted by molar-refractivity contribution is 5.94. The number of likely N-dealkylation sites (tertiary alicyclic amines) is 1. The molecule has 10 heteroatoms. The SMILES string of the molecule is CC(C)(C)C1[C@@H](NC(=O)c2nc3ccccc3[nH]2)C[C@@H](C(=O)N2CCOCC2)CN1C(=O)O. The minimum atomic E-state index is -1.10. The number of rotatable bonds is 3. The standard InChI is InChI=1S/C23H31N5O5/c1-23(2,3)18-17(26-20(29)19-24-15-6-4-5-7-16(15)25-19)12-14(13-28(18)22(31)32)21(30)27-8-10-33-11-9-27/h4-7,14,17-18H,8-13H2,1-3H3,(H,24,25)(H,26,29)(H,31,32)/t14-,17+,18?/m1/s1. The number of amides is 3. The summed E-state index contributed by atoms with van der Waals surface area (Å²) in [6, 6.07) is 6.29. The maximum atomic E-state index is 13.2. The van der Waals surface area contributed by atoms with Crippen molar-refractivity contribution in [2.45, 2.75) is 39.3 Å². The molecule has 3 N–H and O–H groups in total. The number of aromatic nitrogens is 2. The van der Waals surface area contributed by atoms with E-state index in [4.69, 9.17) is 4.74 Å². The van der Waals surface area contributed by atoms with Gasteiger partial charge in [-0.3, -0.25) is 9.59 Å². The molecule has 178 valence electrons. The normalized spacial score (nSPS) is 24.0. The van der Waals surface area contributed by atoms with Gasteiger partial charge in [-0.2, -0.15) is 0 Å². The van der Waals surface area contributed by atoms with Gasteiger partial charge in [0.15, 0.2) is 5.82 Å². The van der Waals surface area contributed by atoms with Crippen molar-refractivity contribution in [1.29, 1.82) is 0 Å². The number of piperidine rings is 1. The number of carboxylic acid groups (broad SMARTS) is 1. The zero-order valence-electron chi connectivity index (χ0n) is 19.2. The molecule has 2 aliphatic heterocycles. The number of hydrogen-bond acceptors (Lipinski definition) is 5. The fourth-order valence-electron chi connectivity index (χ4n) is 5.00. The van der Waals surface area contributed by atoms with Crippen molar-refractivity contribution in [1.82, 2.24) is 25.1 Å². The van der Waals surface area contributed by atoms with E-state index in [0.717, 1.165) is 5.52 Å². The Morgan fingerprint density at radius 2 is 1.88 bits per heavy atom. The van der Waals surface area contributed by atoms with Crippen LogP contribution in [0.25, 0.3) is 11.0 Å². The molecule has 4 rings (SSSR count). The van der Waals surface area contributed by atoms with Crippen molar-refractivity contribution in [3.63, 3.8) is 0 Å². The lowest BCUT2D eigenvalue weighted by molar-refractivity contribution is -0.142. The topological polar surface area (TPSA) is 128 Å². The van der Waals surface area contributed by atoms with Crippen LogP contribution >= 0.6 is 0 Å². The highest BCUT2D eigenvalue weighted by Crippen LogP contribution is 2.35. The fraction of sp³-hybridized carbons (Fsp3) is 0.565. The third kappa shape index (κ3) is 4.80. The van der Waals surface area contributed by atoms with E-state index in [9.17, 15) is 19.5 Å². The Morgan fingerprint density at radius 1 is 1.18 bits per heavy atom. The van der Waals surface area contributed by atoms with Crippen molar-refractivity contribution in [2.24, 2.45) is 11.3 Å². The number of H-pyrrole nitrogens is 1. The fourth-order valence-corrected chi connectivity index (χ4v) is 5.00. The summed E-state index contributed by atoms with van der Waals surface area (Å²) < 4.78 is 5.34. The zero-order chi connectivity index (χ0) is 23.8. The summed E-state index contributed by atoms with van der Waals surface area (Å²) >= 11 is 0. The van der Waals surface area contributed by atoms with Crippen molar-refractivity contribution in [3.8, 4) is 0 Å². The van der Waals surface area contributed by atoms with Crippen LogP contribution in [0.15, 0.2) is 24.3 Å². The predicted molar refractivity (Wildman–Crippen MR) is 121 cm³/mol. The minimum absolute atomic E-state index is 0.0973. The van der Waals surface area contributed by atoms with Gasteiger partial charge < -0.3 is 29.9 Å². The van der Waals surface area contributed by atoms with Crippen LogP contribution in [-0.4, -0.2) is 87.7 Å². The minimum Gasteiger partial charge on any atom is -0.465 e. The number of hydrogen-bond donors (Lipinski definition) is 3. The summed E-state index contributed by atoms with van der Waals surface area (Å²) in [7, 11) is 0. The van der Waals surface area contributed by atoms with Crippen molar-refractivity contribution in [2.75, 3.05) is 32.8 Å². The summed E-state index contributed by atoms with van der Waals surface area (Å²) in [5.74, 6) is -0.902. The zero-order valence-corrected chi connectivity index (χ0v) is 19.2. The van der Waals surface area contributed by atoms with Crippen LogP contribution in [0.1, 0.15) is 37.8 Å². The first-order chi connectivity index (χ1) is 15.6. The summed E-state index contributed by atoms with van der Waals surface area (Å²) in [5.41, 5.74) is 0.953.